The van der Waals surface area contributed by atoms with Crippen LogP contribution in [0, 0.1) is 48.5 Å². The summed E-state index contributed by atoms with van der Waals surface area (Å²) in [4.78, 5) is 49.2. The van der Waals surface area contributed by atoms with Crippen LogP contribution < -0.4 is 43.0 Å². The van der Waals surface area contributed by atoms with E-state index in [9.17, 15) is 19.2 Å². The van der Waals surface area contributed by atoms with Crippen molar-refractivity contribution in [3.05, 3.63) is 248 Å². The Balaban J connectivity index is 0.000000152. The maximum Gasteiger partial charge on any atom is 0.236 e. The van der Waals surface area contributed by atoms with E-state index in [-0.39, 0.29) is 35.6 Å². The van der Waals surface area contributed by atoms with E-state index in [2.05, 4.69) is 274 Å². The number of hydrogen-bond acceptors (Lipinski definition) is 10. The molecule has 16 rings (SSSR count). The maximum atomic E-state index is 11.5. The van der Waals surface area contributed by atoms with Crippen LogP contribution in [0.5, 0.6) is 0 Å². The molecule has 7 aromatic carbocycles. The van der Waals surface area contributed by atoms with Gasteiger partial charge in [-0.1, -0.05) is 268 Å². The zero-order valence-electron chi connectivity index (χ0n) is 79.8. The smallest absolute Gasteiger partial charge is 0.236 e. The monoisotopic (exact) mass is 1700 g/mol. The molecule has 9 aliphatic rings. The van der Waals surface area contributed by atoms with Gasteiger partial charge in [0, 0.05) is 52.1 Å². The van der Waals surface area contributed by atoms with Gasteiger partial charge in [-0.05, 0) is 326 Å². The highest BCUT2D eigenvalue weighted by Gasteiger charge is 2.44. The molecule has 0 radical (unpaired) electrons. The summed E-state index contributed by atoms with van der Waals surface area (Å²) >= 11 is 0. The Morgan fingerprint density at radius 2 is 0.616 bits per heavy atom. The number of rotatable bonds is 35. The largest absolute Gasteiger partial charge is 0.369 e. The third-order valence-electron chi connectivity index (χ3n) is 30.5. The number of primary amides is 1. The van der Waals surface area contributed by atoms with Crippen LogP contribution in [0.4, 0.5) is 0 Å². The number of nitrogens with two attached hydrogens (primary N) is 1. The Bertz CT molecular complexity index is 4260. The van der Waals surface area contributed by atoms with Crippen molar-refractivity contribution in [3.8, 4) is 0 Å². The summed E-state index contributed by atoms with van der Waals surface area (Å²) in [5.41, 5.74) is 27.5. The topological polar surface area (TPSA) is 185 Å². The van der Waals surface area contributed by atoms with E-state index in [1.54, 1.807) is 49.8 Å². The molecule has 1 aliphatic heterocycles. The van der Waals surface area contributed by atoms with Crippen LogP contribution in [-0.4, -0.2) is 146 Å². The molecule has 0 unspecified atom stereocenters. The number of likely N-dealkylation sites (tertiary alicyclic amines) is 1. The number of carbonyl (C=O) groups excluding carboxylic acids is 4. The summed E-state index contributed by atoms with van der Waals surface area (Å²) in [6.07, 6.45) is 41.2. The highest BCUT2D eigenvalue weighted by Crippen LogP contribution is 2.52. The molecule has 0 atom stereocenters. The number of benzene rings is 7. The van der Waals surface area contributed by atoms with Crippen molar-refractivity contribution in [2.45, 2.75) is 318 Å². The summed E-state index contributed by atoms with van der Waals surface area (Å²) < 4.78 is 0. The number of likely N-dealkylation sites (N-methyl/N-ethyl adjacent to an activating group) is 2. The quantitative estimate of drug-likeness (QED) is 0.0178. The number of hydrogen-bond donors (Lipinski definition) is 8. The third kappa shape index (κ3) is 29.3. The Morgan fingerprint density at radius 3 is 0.872 bits per heavy atom. The van der Waals surface area contributed by atoms with E-state index >= 15 is 0 Å². The molecule has 8 aliphatic carbocycles. The van der Waals surface area contributed by atoms with Crippen LogP contribution in [0.25, 0.3) is 0 Å². The maximum absolute atomic E-state index is 11.5. The molecule has 0 aromatic heterocycles. The zero-order chi connectivity index (χ0) is 89.4. The summed E-state index contributed by atoms with van der Waals surface area (Å²) in [5.74, 6) is 0.0641. The summed E-state index contributed by atoms with van der Waals surface area (Å²) in [5, 5.41) is 22.2. The van der Waals surface area contributed by atoms with Crippen molar-refractivity contribution in [3.63, 3.8) is 0 Å². The van der Waals surface area contributed by atoms with Crippen LogP contribution in [-0.2, 0) is 57.1 Å². The van der Waals surface area contributed by atoms with Crippen molar-refractivity contribution >= 4 is 23.6 Å². The van der Waals surface area contributed by atoms with Crippen molar-refractivity contribution in [2.24, 2.45) is 5.73 Å². The van der Waals surface area contributed by atoms with Crippen molar-refractivity contribution in [1.29, 1.82) is 0 Å². The minimum Gasteiger partial charge on any atom is -0.369 e. The molecule has 9 fully saturated rings. The lowest BCUT2D eigenvalue weighted by Gasteiger charge is -2.43. The first-order valence-corrected chi connectivity index (χ1v) is 48.9. The predicted octanol–water partition coefficient (Wildman–Crippen LogP) is 20.3. The van der Waals surface area contributed by atoms with E-state index in [0.717, 1.165) is 64.3 Å². The second kappa shape index (κ2) is 48.5. The summed E-state index contributed by atoms with van der Waals surface area (Å²) in [6.45, 7) is 29.6. The average molecular weight is 1700 g/mol. The van der Waals surface area contributed by atoms with Crippen LogP contribution >= 0.6 is 0 Å². The molecule has 125 heavy (non-hydrogen) atoms. The van der Waals surface area contributed by atoms with Gasteiger partial charge in [0.1, 0.15) is 0 Å². The lowest BCUT2D eigenvalue weighted by Crippen LogP contribution is -2.39. The zero-order valence-corrected chi connectivity index (χ0v) is 79.8. The van der Waals surface area contributed by atoms with Gasteiger partial charge in [0.05, 0.1) is 19.6 Å². The average Bonchev–Trinajstić information content (AvgIpc) is 1.41. The molecule has 0 bridgehead atoms. The normalized spacial score (nSPS) is 18.7. The Hall–Kier alpha value is -7.82. The minimum atomic E-state index is -0.284. The van der Waals surface area contributed by atoms with Gasteiger partial charge in [-0.25, -0.2) is 0 Å². The lowest BCUT2D eigenvalue weighted by atomic mass is 9.62. The fraction of sp³-hybridized carbons (Fsp3) is 0.586. The van der Waals surface area contributed by atoms with E-state index < -0.39 is 0 Å². The van der Waals surface area contributed by atoms with Crippen LogP contribution in [0.15, 0.2) is 170 Å². The van der Waals surface area contributed by atoms with Gasteiger partial charge in [-0.15, -0.1) is 0 Å². The summed E-state index contributed by atoms with van der Waals surface area (Å²) in [7, 11) is 6.97. The molecule has 1 saturated heterocycles. The number of aryl methyl sites for hydroxylation is 7. The number of carbonyl (C=O) groups is 4. The van der Waals surface area contributed by atoms with Crippen LogP contribution in [0.3, 0.4) is 0 Å². The molecule has 682 valence electrons. The molecule has 14 heteroatoms. The lowest BCUT2D eigenvalue weighted by molar-refractivity contribution is -0.127. The number of nitrogens with zero attached hydrogens (tertiary/aromatic N) is 2. The van der Waals surface area contributed by atoms with Gasteiger partial charge in [-0.3, -0.25) is 19.2 Å². The van der Waals surface area contributed by atoms with Crippen molar-refractivity contribution in [1.82, 2.24) is 47.0 Å². The predicted molar refractivity (Wildman–Crippen MR) is 524 cm³/mol. The Labute approximate surface area is 756 Å². The van der Waals surface area contributed by atoms with E-state index in [0.29, 0.717) is 58.0 Å². The second-order valence-electron chi connectivity index (χ2n) is 40.2. The molecule has 1 heterocycles. The standard InChI is InChI=1S/C17H26N2O.C17H25N.C16H24N2O.C16H23N.C16H25N.C15H22N2O.C14H19NO/c1-14-5-7-15(8-6-14)17(9-4-10-17)11-12-18-13-16(20)19(2)3;1-15-5-7-16(8-6-15)17(9-4-10-17)11-14-18-12-2-3-13-18;1-13-4-6-14(7-5-13)16(8-3-9-16)10-11-18-12-15(19)17-2;1-13-3-5-14(6-4-13)16(9-2-10-16)11-12-17-15-7-8-15;1-13(2)17-12-11-16(9-4-10-16)15-7-5-14(3)6-8-15;1-12-3-5-13(6-4-12)15(7-2-8-15)9-10-17-11-14(16)18;1-11-4-6-12(7-5-11)14(8-3-9-14)10-13(16)15-2/h5-8,18H,4,9-13H2,1-3H3;5-8H,2-4,9-14H2,1H3;4-7,18H,3,8-12H2,1-2H3,(H,17,19);3-6,15,17H,2,7-12H2,1H3;5-8,13,17H,4,9-12H2,1-3H3;3-6,17H,2,7-11H2,1H3,(H2,16,18);4-7H,3,8-10H2,1-2H3,(H,15,16). The molecular weight excluding hydrogens is 1540 g/mol. The van der Waals surface area contributed by atoms with Crippen LogP contribution in [0.1, 0.15) is 297 Å². The first-order valence-electron chi connectivity index (χ1n) is 48.9. The van der Waals surface area contributed by atoms with Crippen molar-refractivity contribution in [2.75, 3.05) is 100 Å². The van der Waals surface area contributed by atoms with Crippen LogP contribution in [0.2, 0.25) is 0 Å². The highest BCUT2D eigenvalue weighted by molar-refractivity contribution is 5.78. The molecule has 7 aromatic rings. The first-order chi connectivity index (χ1) is 60.2. The van der Waals surface area contributed by atoms with Gasteiger partial charge in [-0.2, -0.15) is 0 Å². The summed E-state index contributed by atoms with van der Waals surface area (Å²) in [6, 6.07) is 64.6. The van der Waals surface area contributed by atoms with Gasteiger partial charge in [0.15, 0.2) is 0 Å². The van der Waals surface area contributed by atoms with E-state index in [1.807, 2.05) is 0 Å². The SMILES string of the molecule is CNC(=O)CC1(c2ccc(C)cc2)CCC1.CNC(=O)CNCCC1(c2ccc(C)cc2)CCC1.Cc1ccc(C2(CCN3CCCC3)CCC2)cc1.Cc1ccc(C2(CCNC(C)C)CCC2)cc1.Cc1ccc(C2(CCNC3CC3)CCC2)cc1.Cc1ccc(C2(CCNCC(=O)N(C)C)CCC2)cc1.Cc1ccc(C2(CCNCC(N)=O)CCC2)cc1. The molecular formula is C111H164N10O4. The van der Waals surface area contributed by atoms with Gasteiger partial charge in [0.25, 0.3) is 0 Å². The first kappa shape index (κ1) is 99.3. The van der Waals surface area contributed by atoms with E-state index in [1.165, 1.54) is 254 Å². The third-order valence-corrected chi connectivity index (χ3v) is 30.5. The fourth-order valence-electron chi connectivity index (χ4n) is 20.3. The molecule has 8 saturated carbocycles. The molecule has 0 spiro atoms. The fourth-order valence-corrected chi connectivity index (χ4v) is 20.3. The minimum absolute atomic E-state index is 0.0537. The van der Waals surface area contributed by atoms with Gasteiger partial charge in [0.2, 0.25) is 23.6 Å². The number of amides is 4. The van der Waals surface area contributed by atoms with Gasteiger partial charge < -0.3 is 52.8 Å². The Kier molecular flexibility index (Phi) is 38.6. The van der Waals surface area contributed by atoms with Crippen molar-refractivity contribution < 1.29 is 19.2 Å². The molecule has 4 amide bonds. The van der Waals surface area contributed by atoms with Gasteiger partial charge >= 0.3 is 0 Å². The molecule has 14 nitrogen and oxygen atoms in total. The molecule has 9 N–H and O–H groups in total. The highest BCUT2D eigenvalue weighted by atomic mass is 16.2. The second-order valence-corrected chi connectivity index (χ2v) is 40.2. The Morgan fingerprint density at radius 1 is 0.352 bits per heavy atom. The van der Waals surface area contributed by atoms with E-state index in [4.69, 9.17) is 5.73 Å². The number of nitrogens with one attached hydrogen (secondary N) is 7.